The Balaban J connectivity index is 1.67. The lowest BCUT2D eigenvalue weighted by molar-refractivity contribution is -0.116. The fraction of sp³-hybridized carbons (Fsp3) is 0.222. The van der Waals surface area contributed by atoms with E-state index in [4.69, 9.17) is 14.7 Å². The van der Waals surface area contributed by atoms with Crippen molar-refractivity contribution in [3.05, 3.63) is 48.0 Å². The van der Waals surface area contributed by atoms with Gasteiger partial charge in [-0.2, -0.15) is 5.26 Å². The van der Waals surface area contributed by atoms with E-state index in [1.54, 1.807) is 31.2 Å². The van der Waals surface area contributed by atoms with Crippen LogP contribution in [0.5, 0.6) is 11.5 Å². The molecule has 2 N–H and O–H groups in total. The Kier molecular flexibility index (Phi) is 4.52. The van der Waals surface area contributed by atoms with Crippen molar-refractivity contribution in [2.75, 3.05) is 23.8 Å². The molecule has 0 bridgehead atoms. The number of nitrogens with one attached hydrogen (secondary N) is 2. The Morgan fingerprint density at radius 1 is 1.17 bits per heavy atom. The number of nitriles is 1. The zero-order chi connectivity index (χ0) is 16.9. The third-order valence-corrected chi connectivity index (χ3v) is 3.62. The van der Waals surface area contributed by atoms with Gasteiger partial charge in [0, 0.05) is 11.8 Å². The lowest BCUT2D eigenvalue weighted by atomic mass is 10.2. The van der Waals surface area contributed by atoms with Crippen LogP contribution in [0.4, 0.5) is 11.4 Å². The summed E-state index contributed by atoms with van der Waals surface area (Å²) in [5.74, 6) is 1.13. The SMILES string of the molecule is CC(Nc1ccc2c(c1)OCCO2)C(=O)Nc1ccccc1C#N. The van der Waals surface area contributed by atoms with Gasteiger partial charge in [-0.25, -0.2) is 0 Å². The third-order valence-electron chi connectivity index (χ3n) is 3.62. The second-order valence-electron chi connectivity index (χ2n) is 5.37. The first-order chi connectivity index (χ1) is 11.7. The van der Waals surface area contributed by atoms with Gasteiger partial charge in [0.2, 0.25) is 5.91 Å². The zero-order valence-electron chi connectivity index (χ0n) is 13.2. The van der Waals surface area contributed by atoms with E-state index < -0.39 is 6.04 Å². The topological polar surface area (TPSA) is 83.4 Å². The molecule has 0 saturated heterocycles. The van der Waals surface area contributed by atoms with Crippen LogP contribution in [0.3, 0.4) is 0 Å². The van der Waals surface area contributed by atoms with Gasteiger partial charge in [-0.05, 0) is 31.2 Å². The fourth-order valence-corrected chi connectivity index (χ4v) is 2.38. The predicted molar refractivity (Wildman–Crippen MR) is 90.3 cm³/mol. The molecule has 24 heavy (non-hydrogen) atoms. The normalized spacial score (nSPS) is 13.5. The Labute approximate surface area is 140 Å². The Morgan fingerprint density at radius 3 is 2.71 bits per heavy atom. The molecule has 1 aliphatic heterocycles. The molecule has 0 spiro atoms. The summed E-state index contributed by atoms with van der Waals surface area (Å²) in [6.45, 7) is 2.80. The van der Waals surface area contributed by atoms with E-state index in [9.17, 15) is 4.79 Å². The minimum Gasteiger partial charge on any atom is -0.486 e. The monoisotopic (exact) mass is 323 g/mol. The van der Waals surface area contributed by atoms with Gasteiger partial charge in [0.15, 0.2) is 11.5 Å². The largest absolute Gasteiger partial charge is 0.486 e. The molecular weight excluding hydrogens is 306 g/mol. The second-order valence-corrected chi connectivity index (χ2v) is 5.37. The maximum absolute atomic E-state index is 12.3. The molecule has 1 amide bonds. The van der Waals surface area contributed by atoms with Crippen molar-refractivity contribution < 1.29 is 14.3 Å². The van der Waals surface area contributed by atoms with Crippen LogP contribution in [-0.4, -0.2) is 25.2 Å². The molecule has 1 heterocycles. The molecule has 6 heteroatoms. The number of carbonyl (C=O) groups excluding carboxylic acids is 1. The van der Waals surface area contributed by atoms with Crippen molar-refractivity contribution in [1.29, 1.82) is 5.26 Å². The van der Waals surface area contributed by atoms with E-state index >= 15 is 0 Å². The average Bonchev–Trinajstić information content (AvgIpc) is 2.62. The zero-order valence-corrected chi connectivity index (χ0v) is 13.2. The van der Waals surface area contributed by atoms with Gasteiger partial charge in [0.05, 0.1) is 11.3 Å². The van der Waals surface area contributed by atoms with Gasteiger partial charge in [-0.15, -0.1) is 0 Å². The number of amides is 1. The minimum absolute atomic E-state index is 0.229. The number of rotatable bonds is 4. The summed E-state index contributed by atoms with van der Waals surface area (Å²) >= 11 is 0. The van der Waals surface area contributed by atoms with E-state index in [-0.39, 0.29) is 5.91 Å². The van der Waals surface area contributed by atoms with E-state index in [2.05, 4.69) is 16.7 Å². The lowest BCUT2D eigenvalue weighted by Gasteiger charge is -2.20. The van der Waals surface area contributed by atoms with Gasteiger partial charge in [-0.1, -0.05) is 12.1 Å². The van der Waals surface area contributed by atoms with Crippen LogP contribution in [0, 0.1) is 11.3 Å². The lowest BCUT2D eigenvalue weighted by Crippen LogP contribution is -2.32. The molecule has 0 aromatic heterocycles. The molecule has 1 unspecified atom stereocenters. The summed E-state index contributed by atoms with van der Waals surface area (Å²) in [6, 6.07) is 13.9. The van der Waals surface area contributed by atoms with Gasteiger partial charge in [0.1, 0.15) is 25.3 Å². The Bertz CT molecular complexity index is 798. The van der Waals surface area contributed by atoms with E-state index in [1.165, 1.54) is 0 Å². The summed E-state index contributed by atoms with van der Waals surface area (Å²) in [6.07, 6.45) is 0. The predicted octanol–water partition coefficient (Wildman–Crippen LogP) is 2.77. The first kappa shape index (κ1) is 15.7. The van der Waals surface area contributed by atoms with Crippen molar-refractivity contribution in [1.82, 2.24) is 0 Å². The van der Waals surface area contributed by atoms with E-state index in [0.29, 0.717) is 36.0 Å². The quantitative estimate of drug-likeness (QED) is 0.904. The molecule has 0 radical (unpaired) electrons. The third kappa shape index (κ3) is 3.41. The summed E-state index contributed by atoms with van der Waals surface area (Å²) in [5.41, 5.74) is 1.69. The molecule has 2 aromatic rings. The van der Waals surface area contributed by atoms with Crippen LogP contribution < -0.4 is 20.1 Å². The highest BCUT2D eigenvalue weighted by molar-refractivity contribution is 5.97. The maximum atomic E-state index is 12.3. The number of hydrogen-bond donors (Lipinski definition) is 2. The van der Waals surface area contributed by atoms with Gasteiger partial charge < -0.3 is 20.1 Å². The molecule has 0 fully saturated rings. The van der Waals surface area contributed by atoms with Crippen molar-refractivity contribution in [3.8, 4) is 17.6 Å². The van der Waals surface area contributed by atoms with Crippen molar-refractivity contribution in [2.45, 2.75) is 13.0 Å². The number of benzene rings is 2. The van der Waals surface area contributed by atoms with E-state index in [1.807, 2.05) is 18.2 Å². The van der Waals surface area contributed by atoms with Crippen LogP contribution >= 0.6 is 0 Å². The molecule has 1 aliphatic rings. The number of fused-ring (bicyclic) bond motifs is 1. The number of nitrogens with zero attached hydrogens (tertiary/aromatic N) is 1. The van der Waals surface area contributed by atoms with Crippen LogP contribution in [0.25, 0.3) is 0 Å². The molecule has 3 rings (SSSR count). The fourth-order valence-electron chi connectivity index (χ4n) is 2.38. The number of anilines is 2. The smallest absolute Gasteiger partial charge is 0.246 e. The van der Waals surface area contributed by atoms with Crippen molar-refractivity contribution in [2.24, 2.45) is 0 Å². The summed E-state index contributed by atoms with van der Waals surface area (Å²) in [5, 5.41) is 15.0. The first-order valence-electron chi connectivity index (χ1n) is 7.63. The highest BCUT2D eigenvalue weighted by atomic mass is 16.6. The highest BCUT2D eigenvalue weighted by Crippen LogP contribution is 2.32. The van der Waals surface area contributed by atoms with Crippen LogP contribution in [-0.2, 0) is 4.79 Å². The molecule has 122 valence electrons. The average molecular weight is 323 g/mol. The summed E-state index contributed by atoms with van der Waals surface area (Å²) in [4.78, 5) is 12.3. The molecule has 6 nitrogen and oxygen atoms in total. The number of hydrogen-bond acceptors (Lipinski definition) is 5. The van der Waals surface area contributed by atoms with Crippen LogP contribution in [0.1, 0.15) is 12.5 Å². The molecule has 1 atom stereocenters. The molecule has 2 aromatic carbocycles. The van der Waals surface area contributed by atoms with Gasteiger partial charge in [0.25, 0.3) is 0 Å². The molecular formula is C18H17N3O3. The Morgan fingerprint density at radius 2 is 1.92 bits per heavy atom. The minimum atomic E-state index is -0.487. The van der Waals surface area contributed by atoms with Crippen molar-refractivity contribution >= 4 is 17.3 Å². The number of carbonyl (C=O) groups is 1. The van der Waals surface area contributed by atoms with E-state index in [0.717, 1.165) is 5.69 Å². The Hall–Kier alpha value is -3.20. The van der Waals surface area contributed by atoms with Gasteiger partial charge >= 0.3 is 0 Å². The summed E-state index contributed by atoms with van der Waals surface area (Å²) in [7, 11) is 0. The highest BCUT2D eigenvalue weighted by Gasteiger charge is 2.16. The second kappa shape index (κ2) is 6.92. The standard InChI is InChI=1S/C18H17N3O3/c1-12(18(22)21-15-5-3-2-4-13(15)11-19)20-14-6-7-16-17(10-14)24-9-8-23-16/h2-7,10,12,20H,8-9H2,1H3,(H,21,22). The molecule has 0 aliphatic carbocycles. The number of para-hydroxylation sites is 1. The molecule has 0 saturated carbocycles. The summed E-state index contributed by atoms with van der Waals surface area (Å²) < 4.78 is 11.0. The van der Waals surface area contributed by atoms with Gasteiger partial charge in [-0.3, -0.25) is 4.79 Å². The number of ether oxygens (including phenoxy) is 2. The maximum Gasteiger partial charge on any atom is 0.246 e. The van der Waals surface area contributed by atoms with Crippen molar-refractivity contribution in [3.63, 3.8) is 0 Å². The first-order valence-corrected chi connectivity index (χ1v) is 7.63. The van der Waals surface area contributed by atoms with Crippen LogP contribution in [0.15, 0.2) is 42.5 Å². The van der Waals surface area contributed by atoms with Crippen LogP contribution in [0.2, 0.25) is 0 Å².